The molecule has 0 saturated carbocycles. The van der Waals surface area contributed by atoms with Crippen molar-refractivity contribution in [3.8, 4) is 0 Å². The Morgan fingerprint density at radius 1 is 1.29 bits per heavy atom. The van der Waals surface area contributed by atoms with Gasteiger partial charge in [-0.15, -0.1) is 11.3 Å². The summed E-state index contributed by atoms with van der Waals surface area (Å²) in [4.78, 5) is 4.44. The lowest BCUT2D eigenvalue weighted by molar-refractivity contribution is -0.225. The summed E-state index contributed by atoms with van der Waals surface area (Å²) in [6.07, 6.45) is 3.90. The third kappa shape index (κ3) is 3.59. The molecular formula is C17H19NO2S. The number of hydrogen-bond acceptors (Lipinski definition) is 4. The highest BCUT2D eigenvalue weighted by molar-refractivity contribution is 7.09. The zero-order valence-electron chi connectivity index (χ0n) is 12.2. The number of aryl methyl sites for hydroxylation is 1. The van der Waals surface area contributed by atoms with Gasteiger partial charge in [0.05, 0.1) is 23.4 Å². The maximum Gasteiger partial charge on any atom is 0.184 e. The van der Waals surface area contributed by atoms with Crippen molar-refractivity contribution in [1.29, 1.82) is 0 Å². The van der Waals surface area contributed by atoms with Gasteiger partial charge < -0.3 is 9.47 Å². The zero-order valence-corrected chi connectivity index (χ0v) is 13.0. The largest absolute Gasteiger partial charge is 0.348 e. The van der Waals surface area contributed by atoms with E-state index in [0.717, 1.165) is 16.3 Å². The van der Waals surface area contributed by atoms with E-state index in [0.29, 0.717) is 12.5 Å². The number of benzene rings is 1. The van der Waals surface area contributed by atoms with E-state index >= 15 is 0 Å². The zero-order chi connectivity index (χ0) is 14.7. The van der Waals surface area contributed by atoms with Gasteiger partial charge in [-0.05, 0) is 13.0 Å². The maximum atomic E-state index is 6.08. The highest BCUT2D eigenvalue weighted by Gasteiger charge is 2.28. The molecule has 3 nitrogen and oxygen atoms in total. The number of rotatable bonds is 3. The van der Waals surface area contributed by atoms with Crippen LogP contribution in [0.25, 0.3) is 6.08 Å². The molecule has 3 atom stereocenters. The third-order valence-electron chi connectivity index (χ3n) is 3.52. The van der Waals surface area contributed by atoms with Crippen LogP contribution in [0.4, 0.5) is 0 Å². The van der Waals surface area contributed by atoms with Gasteiger partial charge in [-0.25, -0.2) is 4.98 Å². The second kappa shape index (κ2) is 6.52. The molecule has 1 aliphatic heterocycles. The molecule has 0 bridgehead atoms. The van der Waals surface area contributed by atoms with E-state index < -0.39 is 0 Å². The standard InChI is InChI=1S/C17H19NO2S/c1-12-10-19-17(14-6-4-3-5-7-14)20-16(12)9-8-15-11-21-13(2)18-15/h3-9,11-12,16-17H,10H2,1-2H3/b9-8-/t12-,16-,17+/m0/s1. The highest BCUT2D eigenvalue weighted by atomic mass is 32.1. The molecule has 0 amide bonds. The summed E-state index contributed by atoms with van der Waals surface area (Å²) >= 11 is 1.66. The van der Waals surface area contributed by atoms with E-state index in [9.17, 15) is 0 Å². The van der Waals surface area contributed by atoms with Gasteiger partial charge in [0.15, 0.2) is 6.29 Å². The number of thiazole rings is 1. The fraction of sp³-hybridized carbons (Fsp3) is 0.353. The van der Waals surface area contributed by atoms with Crippen LogP contribution in [0.15, 0.2) is 41.8 Å². The lowest BCUT2D eigenvalue weighted by Gasteiger charge is -2.33. The normalized spacial score (nSPS) is 26.3. The van der Waals surface area contributed by atoms with Crippen LogP contribution in [0, 0.1) is 12.8 Å². The molecule has 0 N–H and O–H groups in total. The first-order valence-electron chi connectivity index (χ1n) is 7.15. The summed E-state index contributed by atoms with van der Waals surface area (Å²) < 4.78 is 11.9. The van der Waals surface area contributed by atoms with Gasteiger partial charge >= 0.3 is 0 Å². The molecule has 2 aromatic rings. The van der Waals surface area contributed by atoms with Crippen molar-refractivity contribution < 1.29 is 9.47 Å². The summed E-state index contributed by atoms with van der Waals surface area (Å²) in [5.41, 5.74) is 2.06. The molecule has 0 aliphatic carbocycles. The average molecular weight is 301 g/mol. The Morgan fingerprint density at radius 2 is 2.10 bits per heavy atom. The van der Waals surface area contributed by atoms with E-state index in [2.05, 4.69) is 23.4 Å². The van der Waals surface area contributed by atoms with Gasteiger partial charge in [-0.3, -0.25) is 0 Å². The molecule has 0 spiro atoms. The van der Waals surface area contributed by atoms with Crippen molar-refractivity contribution in [3.05, 3.63) is 58.1 Å². The van der Waals surface area contributed by atoms with Crippen LogP contribution >= 0.6 is 11.3 Å². The van der Waals surface area contributed by atoms with Crippen molar-refractivity contribution in [2.45, 2.75) is 26.2 Å². The van der Waals surface area contributed by atoms with E-state index in [1.165, 1.54) is 0 Å². The van der Waals surface area contributed by atoms with Gasteiger partial charge in [-0.2, -0.15) is 0 Å². The van der Waals surface area contributed by atoms with Crippen LogP contribution in [-0.4, -0.2) is 17.7 Å². The Balaban J connectivity index is 1.70. The third-order valence-corrected chi connectivity index (χ3v) is 4.31. The van der Waals surface area contributed by atoms with Crippen molar-refractivity contribution >= 4 is 17.4 Å². The second-order valence-electron chi connectivity index (χ2n) is 5.30. The van der Waals surface area contributed by atoms with Crippen LogP contribution in [0.3, 0.4) is 0 Å². The van der Waals surface area contributed by atoms with Gasteiger partial charge in [0.1, 0.15) is 0 Å². The highest BCUT2D eigenvalue weighted by Crippen LogP contribution is 2.29. The van der Waals surface area contributed by atoms with Crippen molar-refractivity contribution in [2.75, 3.05) is 6.61 Å². The van der Waals surface area contributed by atoms with Crippen molar-refractivity contribution in [3.63, 3.8) is 0 Å². The Morgan fingerprint density at radius 3 is 2.81 bits per heavy atom. The molecule has 110 valence electrons. The first kappa shape index (κ1) is 14.4. The molecular weight excluding hydrogens is 282 g/mol. The van der Waals surface area contributed by atoms with Crippen molar-refractivity contribution in [1.82, 2.24) is 4.98 Å². The van der Waals surface area contributed by atoms with E-state index in [-0.39, 0.29) is 12.4 Å². The maximum absolute atomic E-state index is 6.08. The van der Waals surface area contributed by atoms with Gasteiger partial charge in [0.25, 0.3) is 0 Å². The van der Waals surface area contributed by atoms with Gasteiger partial charge in [0, 0.05) is 16.9 Å². The predicted molar refractivity (Wildman–Crippen MR) is 85.1 cm³/mol. The minimum Gasteiger partial charge on any atom is -0.348 e. The monoisotopic (exact) mass is 301 g/mol. The molecule has 2 heterocycles. The quantitative estimate of drug-likeness (QED) is 0.851. The Labute approximate surface area is 129 Å². The lowest BCUT2D eigenvalue weighted by atomic mass is 10.0. The summed E-state index contributed by atoms with van der Waals surface area (Å²) in [5, 5.41) is 3.14. The predicted octanol–water partition coefficient (Wildman–Crippen LogP) is 4.22. The lowest BCUT2D eigenvalue weighted by Crippen LogP contribution is -2.33. The second-order valence-corrected chi connectivity index (χ2v) is 6.37. The topological polar surface area (TPSA) is 31.4 Å². The minimum absolute atomic E-state index is 0.0472. The molecule has 21 heavy (non-hydrogen) atoms. The summed E-state index contributed by atoms with van der Waals surface area (Å²) in [6.45, 7) is 4.86. The van der Waals surface area contributed by atoms with Crippen LogP contribution in [0.2, 0.25) is 0 Å². The molecule has 0 radical (unpaired) electrons. The molecule has 1 aliphatic rings. The number of ether oxygens (including phenoxy) is 2. The smallest absolute Gasteiger partial charge is 0.184 e. The molecule has 1 saturated heterocycles. The first-order valence-corrected chi connectivity index (χ1v) is 8.02. The molecule has 1 aromatic carbocycles. The Hall–Kier alpha value is -1.49. The minimum atomic E-state index is -0.283. The Kier molecular flexibility index (Phi) is 4.48. The van der Waals surface area contributed by atoms with Crippen LogP contribution in [0.5, 0.6) is 0 Å². The van der Waals surface area contributed by atoms with Crippen molar-refractivity contribution in [2.24, 2.45) is 5.92 Å². The van der Waals surface area contributed by atoms with E-state index in [4.69, 9.17) is 9.47 Å². The van der Waals surface area contributed by atoms with E-state index in [1.807, 2.05) is 43.3 Å². The SMILES string of the molecule is Cc1nc(/C=C\[C@@H]2O[C@H](c3ccccc3)OC[C@@H]2C)cs1. The summed E-state index contributed by atoms with van der Waals surface area (Å²) in [6, 6.07) is 10.1. The van der Waals surface area contributed by atoms with Crippen LogP contribution < -0.4 is 0 Å². The molecule has 1 aromatic heterocycles. The number of nitrogens with zero attached hydrogens (tertiary/aromatic N) is 1. The number of aromatic nitrogens is 1. The molecule has 4 heteroatoms. The fourth-order valence-corrected chi connectivity index (χ4v) is 2.90. The van der Waals surface area contributed by atoms with Crippen LogP contribution in [-0.2, 0) is 9.47 Å². The first-order chi connectivity index (χ1) is 10.2. The average Bonchev–Trinajstić information content (AvgIpc) is 2.93. The van der Waals surface area contributed by atoms with E-state index in [1.54, 1.807) is 11.3 Å². The number of hydrogen-bond donors (Lipinski definition) is 0. The van der Waals surface area contributed by atoms with Gasteiger partial charge in [-0.1, -0.05) is 43.3 Å². The molecule has 3 rings (SSSR count). The van der Waals surface area contributed by atoms with Crippen LogP contribution in [0.1, 0.15) is 29.5 Å². The molecule has 0 unspecified atom stereocenters. The summed E-state index contributed by atoms with van der Waals surface area (Å²) in [7, 11) is 0. The fourth-order valence-electron chi connectivity index (χ4n) is 2.32. The van der Waals surface area contributed by atoms with Gasteiger partial charge in [0.2, 0.25) is 0 Å². The summed E-state index contributed by atoms with van der Waals surface area (Å²) in [5.74, 6) is 0.334. The molecule has 1 fully saturated rings. The Bertz CT molecular complexity index is 608.